The second kappa shape index (κ2) is 10.2. The molecule has 0 bridgehead atoms. The quantitative estimate of drug-likeness (QED) is 0.472. The number of aldehydes is 1. The van der Waals surface area contributed by atoms with E-state index in [1.54, 1.807) is 0 Å². The number of carbonyl (C=O) groups is 1. The number of hydrogen-bond donors (Lipinski definition) is 1. The van der Waals surface area contributed by atoms with Crippen LogP contribution in [0.15, 0.2) is 42.5 Å². The number of likely N-dealkylation sites (tertiary alicyclic amines) is 1. The van der Waals surface area contributed by atoms with Crippen molar-refractivity contribution in [2.45, 2.75) is 44.6 Å². The molecule has 1 aliphatic carbocycles. The summed E-state index contributed by atoms with van der Waals surface area (Å²) >= 11 is 0. The van der Waals surface area contributed by atoms with Gasteiger partial charge in [0.15, 0.2) is 0 Å². The molecule has 37 heavy (non-hydrogen) atoms. The number of aliphatic hydroxyl groups excluding tert-OH is 1. The maximum absolute atomic E-state index is 11.8. The first kappa shape index (κ1) is 24.7. The number of aromatic nitrogens is 1. The van der Waals surface area contributed by atoms with Crippen LogP contribution in [0.4, 0.5) is 0 Å². The van der Waals surface area contributed by atoms with Gasteiger partial charge in [-0.25, -0.2) is 0 Å². The molecule has 0 amide bonds. The van der Waals surface area contributed by atoms with Crippen molar-refractivity contribution in [1.29, 1.82) is 0 Å². The van der Waals surface area contributed by atoms with Crippen molar-refractivity contribution in [2.24, 2.45) is 5.41 Å². The number of fused-ring (bicyclic) bond motifs is 5. The van der Waals surface area contributed by atoms with Crippen molar-refractivity contribution in [1.82, 2.24) is 14.4 Å². The van der Waals surface area contributed by atoms with Gasteiger partial charge in [-0.1, -0.05) is 43.5 Å². The van der Waals surface area contributed by atoms with E-state index < -0.39 is 0 Å². The molecule has 1 spiro atoms. The van der Waals surface area contributed by atoms with E-state index in [4.69, 9.17) is 4.74 Å². The summed E-state index contributed by atoms with van der Waals surface area (Å²) in [5, 5.41) is 10.5. The Morgan fingerprint density at radius 3 is 2.68 bits per heavy atom. The fraction of sp³-hybridized carbons (Fsp3) is 0.516. The summed E-state index contributed by atoms with van der Waals surface area (Å²) < 4.78 is 9.14. The zero-order valence-electron chi connectivity index (χ0n) is 22.0. The molecule has 0 atom stereocenters. The van der Waals surface area contributed by atoms with Crippen LogP contribution in [0.3, 0.4) is 0 Å². The van der Waals surface area contributed by atoms with Crippen molar-refractivity contribution in [2.75, 3.05) is 53.0 Å². The molecular formula is C31H39N3O3. The summed E-state index contributed by atoms with van der Waals surface area (Å²) in [5.74, 6) is 1.51. The zero-order valence-corrected chi connectivity index (χ0v) is 22.0. The third-order valence-electron chi connectivity index (χ3n) is 8.84. The highest BCUT2D eigenvalue weighted by Gasteiger charge is 2.46. The van der Waals surface area contributed by atoms with Crippen LogP contribution in [-0.2, 0) is 6.54 Å². The third kappa shape index (κ3) is 4.60. The Morgan fingerprint density at radius 2 is 1.89 bits per heavy atom. The van der Waals surface area contributed by atoms with Gasteiger partial charge < -0.3 is 24.2 Å². The minimum Gasteiger partial charge on any atom is -0.492 e. The third-order valence-corrected chi connectivity index (χ3v) is 8.84. The van der Waals surface area contributed by atoms with E-state index in [0.29, 0.717) is 19.1 Å². The minimum absolute atomic E-state index is 0.0325. The average Bonchev–Trinajstić information content (AvgIpc) is 3.21. The summed E-state index contributed by atoms with van der Waals surface area (Å²) in [6.07, 6.45) is 7.32. The van der Waals surface area contributed by atoms with Crippen LogP contribution < -0.4 is 4.74 Å². The molecule has 1 N–H and O–H groups in total. The van der Waals surface area contributed by atoms with Gasteiger partial charge in [-0.05, 0) is 49.6 Å². The maximum atomic E-state index is 11.8. The zero-order chi connectivity index (χ0) is 25.4. The normalized spacial score (nSPS) is 19.6. The minimum atomic E-state index is 0.0325. The van der Waals surface area contributed by atoms with Crippen molar-refractivity contribution in [3.05, 3.63) is 53.6 Å². The van der Waals surface area contributed by atoms with Gasteiger partial charge in [0.05, 0.1) is 18.9 Å². The van der Waals surface area contributed by atoms with Crippen LogP contribution in [0.25, 0.3) is 22.2 Å². The standard InChI is InChI=1S/C31H39N3O3/c1-32(15-16-35)13-14-33-19-31(20-33)21-34-27-17-23(18-36)11-12-25(27)29(24-7-3-2-4-8-24)30(34)26-9-5-6-10-28(26)37-22-31/h5-6,9-12,17-18,24,35H,2-4,7-8,13-16,19-22H2,1H3. The highest BCUT2D eigenvalue weighted by atomic mass is 16.5. The van der Waals surface area contributed by atoms with E-state index in [0.717, 1.165) is 50.3 Å². The molecule has 3 aliphatic rings. The molecule has 1 aromatic heterocycles. The summed E-state index contributed by atoms with van der Waals surface area (Å²) in [6.45, 7) is 6.43. The van der Waals surface area contributed by atoms with Gasteiger partial charge in [0.2, 0.25) is 0 Å². The molecule has 3 aromatic rings. The van der Waals surface area contributed by atoms with Gasteiger partial charge in [0, 0.05) is 66.7 Å². The van der Waals surface area contributed by atoms with Crippen LogP contribution >= 0.6 is 0 Å². The molecule has 2 aromatic carbocycles. The van der Waals surface area contributed by atoms with Gasteiger partial charge in [0.1, 0.15) is 12.0 Å². The Kier molecular flexibility index (Phi) is 6.82. The second-order valence-corrected chi connectivity index (χ2v) is 11.6. The lowest BCUT2D eigenvalue weighted by Crippen LogP contribution is -2.62. The lowest BCUT2D eigenvalue weighted by Gasteiger charge is -2.51. The predicted molar refractivity (Wildman–Crippen MR) is 148 cm³/mol. The number of para-hydroxylation sites is 1. The van der Waals surface area contributed by atoms with Crippen LogP contribution in [0, 0.1) is 5.41 Å². The van der Waals surface area contributed by atoms with Crippen molar-refractivity contribution < 1.29 is 14.6 Å². The maximum Gasteiger partial charge on any atom is 0.150 e. The summed E-state index contributed by atoms with van der Waals surface area (Å²) in [7, 11) is 2.07. The molecule has 196 valence electrons. The molecule has 0 unspecified atom stereocenters. The number of ether oxygens (including phenoxy) is 1. The summed E-state index contributed by atoms with van der Waals surface area (Å²) in [4.78, 5) is 16.5. The molecule has 0 radical (unpaired) electrons. The Bertz CT molecular complexity index is 1270. The molecule has 6 rings (SSSR count). The van der Waals surface area contributed by atoms with E-state index >= 15 is 0 Å². The van der Waals surface area contributed by atoms with E-state index in [-0.39, 0.29) is 12.0 Å². The highest BCUT2D eigenvalue weighted by Crippen LogP contribution is 2.49. The Labute approximate surface area is 219 Å². The largest absolute Gasteiger partial charge is 0.492 e. The summed E-state index contributed by atoms with van der Waals surface area (Å²) in [5.41, 5.74) is 5.92. The van der Waals surface area contributed by atoms with Crippen LogP contribution in [0.5, 0.6) is 5.75 Å². The Balaban J connectivity index is 1.43. The first-order valence-electron chi connectivity index (χ1n) is 14.0. The number of benzene rings is 2. The number of likely N-dealkylation sites (N-methyl/N-ethyl adjacent to an activating group) is 1. The lowest BCUT2D eigenvalue weighted by atomic mass is 9.79. The summed E-state index contributed by atoms with van der Waals surface area (Å²) in [6, 6.07) is 14.8. The van der Waals surface area contributed by atoms with E-state index in [1.807, 2.05) is 6.07 Å². The van der Waals surface area contributed by atoms with Crippen molar-refractivity contribution >= 4 is 17.2 Å². The smallest absolute Gasteiger partial charge is 0.150 e. The number of carbonyl (C=O) groups excluding carboxylic acids is 1. The number of rotatable bonds is 7. The number of aliphatic hydroxyl groups is 1. The molecule has 6 heteroatoms. The van der Waals surface area contributed by atoms with Gasteiger partial charge in [-0.15, -0.1) is 0 Å². The first-order valence-corrected chi connectivity index (χ1v) is 14.0. The van der Waals surface area contributed by atoms with Crippen LogP contribution in [0.1, 0.15) is 53.9 Å². The molecule has 1 saturated carbocycles. The average molecular weight is 502 g/mol. The topological polar surface area (TPSA) is 57.9 Å². The van der Waals surface area contributed by atoms with Gasteiger partial charge in [-0.3, -0.25) is 4.79 Å². The van der Waals surface area contributed by atoms with Crippen molar-refractivity contribution in [3.63, 3.8) is 0 Å². The first-order chi connectivity index (χ1) is 18.1. The molecular weight excluding hydrogens is 462 g/mol. The Morgan fingerprint density at radius 1 is 1.08 bits per heavy atom. The SMILES string of the molecule is CN(CCO)CCN1CC2(COc3ccccc3-c3c(C4CCCCC4)c4ccc(C=O)cc4n3C2)C1. The Hall–Kier alpha value is -2.67. The van der Waals surface area contributed by atoms with E-state index in [2.05, 4.69) is 57.8 Å². The second-order valence-electron chi connectivity index (χ2n) is 11.6. The lowest BCUT2D eigenvalue weighted by molar-refractivity contribution is -0.0482. The van der Waals surface area contributed by atoms with Gasteiger partial charge in [-0.2, -0.15) is 0 Å². The van der Waals surface area contributed by atoms with Gasteiger partial charge in [0.25, 0.3) is 0 Å². The van der Waals surface area contributed by atoms with Crippen molar-refractivity contribution in [3.8, 4) is 17.0 Å². The fourth-order valence-electron chi connectivity index (χ4n) is 6.97. The fourth-order valence-corrected chi connectivity index (χ4v) is 6.97. The number of hydrogen-bond acceptors (Lipinski definition) is 5. The van der Waals surface area contributed by atoms with E-state index in [1.165, 1.54) is 59.8 Å². The predicted octanol–water partition coefficient (Wildman–Crippen LogP) is 4.79. The molecule has 6 nitrogen and oxygen atoms in total. The molecule has 2 fully saturated rings. The highest BCUT2D eigenvalue weighted by molar-refractivity contribution is 5.96. The molecule has 2 aliphatic heterocycles. The monoisotopic (exact) mass is 501 g/mol. The number of nitrogens with zero attached hydrogens (tertiary/aromatic N) is 3. The molecule has 1 saturated heterocycles. The molecule has 3 heterocycles. The van der Waals surface area contributed by atoms with Gasteiger partial charge >= 0.3 is 0 Å². The van der Waals surface area contributed by atoms with E-state index in [9.17, 15) is 9.90 Å². The van der Waals surface area contributed by atoms with Crippen LogP contribution in [0.2, 0.25) is 0 Å². The van der Waals surface area contributed by atoms with Crippen LogP contribution in [-0.4, -0.2) is 78.7 Å².